The summed E-state index contributed by atoms with van der Waals surface area (Å²) in [5.41, 5.74) is -2.66. The Morgan fingerprint density at radius 2 is 1.87 bits per heavy atom. The summed E-state index contributed by atoms with van der Waals surface area (Å²) in [5.74, 6) is -3.16. The van der Waals surface area contributed by atoms with Crippen LogP contribution >= 0.6 is 11.8 Å². The number of ether oxygens (including phenoxy) is 2. The Labute approximate surface area is 257 Å². The Morgan fingerprint density at radius 3 is 2.62 bits per heavy atom. The third kappa shape index (κ3) is 6.40. The maximum absolute atomic E-state index is 15.2. The van der Waals surface area contributed by atoms with E-state index in [9.17, 15) is 18.0 Å². The maximum atomic E-state index is 15.2. The summed E-state index contributed by atoms with van der Waals surface area (Å²) in [6.45, 7) is 0.918. The Balaban J connectivity index is 1.35. The number of H-pyrrole nitrogens is 2. The fourth-order valence-corrected chi connectivity index (χ4v) is 6.46. The highest BCUT2D eigenvalue weighted by Gasteiger charge is 2.38. The summed E-state index contributed by atoms with van der Waals surface area (Å²) >= 11 is -0.496. The first-order chi connectivity index (χ1) is 21.5. The number of fused-ring (bicyclic) bond motifs is 1. The number of carboxylic acid groups (broad SMARTS) is 1. The largest absolute Gasteiger partial charge is 0.481 e. The molecule has 5 aromatic rings. The number of imidazole rings is 1. The number of nitrogens with one attached hydrogen (secondary N) is 2. The van der Waals surface area contributed by atoms with Crippen LogP contribution in [0.25, 0.3) is 22.3 Å². The van der Waals surface area contributed by atoms with Crippen LogP contribution in [0, 0.1) is 11.6 Å². The van der Waals surface area contributed by atoms with Gasteiger partial charge in [-0.05, 0) is 66.4 Å². The molecule has 3 N–H and O–H groups in total. The Hall–Kier alpha value is -4.36. The number of aryl methyl sites for hydroxylation is 1. The van der Waals surface area contributed by atoms with Gasteiger partial charge in [-0.2, -0.15) is 13.2 Å². The number of halogens is 5. The molecule has 7 nitrogen and oxygen atoms in total. The molecule has 13 heteroatoms. The molecule has 2 aromatic heterocycles. The molecule has 1 aliphatic heterocycles. The number of hydrogen-bond acceptors (Lipinski definition) is 5. The molecule has 1 aliphatic rings. The van der Waals surface area contributed by atoms with E-state index in [1.54, 1.807) is 6.20 Å². The molecule has 0 spiro atoms. The van der Waals surface area contributed by atoms with E-state index in [1.165, 1.54) is 24.4 Å². The molecule has 6 rings (SSSR count). The van der Waals surface area contributed by atoms with Crippen molar-refractivity contribution in [1.82, 2.24) is 15.0 Å². The number of rotatable bonds is 9. The SMILES string of the molecule is O=C(O)CCc1cccc(C2(c3cnc(-c4cc(Oc5c(F)cc6[nH]ccc6c5SC(F)(F)F)ccc4F)[nH]3)CCOCC2)c1. The van der Waals surface area contributed by atoms with Crippen LogP contribution in [0.5, 0.6) is 11.5 Å². The highest BCUT2D eigenvalue weighted by atomic mass is 32.2. The van der Waals surface area contributed by atoms with E-state index in [0.29, 0.717) is 38.2 Å². The minimum atomic E-state index is -4.72. The van der Waals surface area contributed by atoms with Crippen molar-refractivity contribution in [2.24, 2.45) is 0 Å². The lowest BCUT2D eigenvalue weighted by Crippen LogP contribution is -2.35. The first-order valence-corrected chi connectivity index (χ1v) is 14.8. The van der Waals surface area contributed by atoms with Crippen molar-refractivity contribution in [3.05, 3.63) is 95.4 Å². The predicted molar refractivity (Wildman–Crippen MR) is 157 cm³/mol. The highest BCUT2D eigenvalue weighted by Crippen LogP contribution is 2.48. The van der Waals surface area contributed by atoms with Crippen LogP contribution in [0.1, 0.15) is 36.1 Å². The predicted octanol–water partition coefficient (Wildman–Crippen LogP) is 8.35. The average Bonchev–Trinajstić information content (AvgIpc) is 3.69. The zero-order valence-corrected chi connectivity index (χ0v) is 24.3. The number of hydrogen-bond donors (Lipinski definition) is 3. The summed E-state index contributed by atoms with van der Waals surface area (Å²) in [6.07, 6.45) is 4.53. The third-order valence-electron chi connectivity index (χ3n) is 7.89. The van der Waals surface area contributed by atoms with Crippen molar-refractivity contribution in [3.63, 3.8) is 0 Å². The smallest absolute Gasteiger partial charge is 0.446 e. The molecule has 45 heavy (non-hydrogen) atoms. The molecular formula is C32H26F5N3O4S. The van der Waals surface area contributed by atoms with Gasteiger partial charge >= 0.3 is 11.5 Å². The van der Waals surface area contributed by atoms with Crippen LogP contribution in [0.4, 0.5) is 22.0 Å². The molecule has 0 saturated carbocycles. The number of carbonyl (C=O) groups is 1. The van der Waals surface area contributed by atoms with Gasteiger partial charge in [0.25, 0.3) is 0 Å². The van der Waals surface area contributed by atoms with Crippen molar-refractivity contribution < 1.29 is 41.3 Å². The summed E-state index contributed by atoms with van der Waals surface area (Å²) in [4.78, 5) is 21.0. The van der Waals surface area contributed by atoms with Gasteiger partial charge in [0.1, 0.15) is 17.4 Å². The van der Waals surface area contributed by atoms with Crippen molar-refractivity contribution >= 4 is 28.6 Å². The number of aliphatic carboxylic acids is 1. The van der Waals surface area contributed by atoms with E-state index in [1.807, 2.05) is 24.3 Å². The number of thioether (sulfide) groups is 1. The molecule has 0 atom stereocenters. The lowest BCUT2D eigenvalue weighted by Gasteiger charge is -2.37. The third-order valence-corrected chi connectivity index (χ3v) is 8.73. The van der Waals surface area contributed by atoms with Gasteiger partial charge in [-0.3, -0.25) is 4.79 Å². The standard InChI is InChI=1S/C32H26F5N3O4S/c33-23-6-5-20(44-28-24(34)16-25-21(8-11-38-25)29(28)45-32(35,36)37)15-22(23)30-39-17-26(40-30)31(9-12-43-13-10-31)19-3-1-2-18(14-19)4-7-27(41)42/h1-3,5-6,8,11,14-17,38H,4,7,9-10,12-13H2,(H,39,40)(H,41,42). The summed E-state index contributed by atoms with van der Waals surface area (Å²) in [7, 11) is 0. The highest BCUT2D eigenvalue weighted by molar-refractivity contribution is 8.00. The molecule has 3 heterocycles. The van der Waals surface area contributed by atoms with Crippen molar-refractivity contribution in [1.29, 1.82) is 0 Å². The zero-order valence-electron chi connectivity index (χ0n) is 23.5. The first kappa shape index (κ1) is 30.7. The minimum Gasteiger partial charge on any atom is -0.481 e. The number of carboxylic acids is 1. The van der Waals surface area contributed by atoms with E-state index >= 15 is 8.78 Å². The fourth-order valence-electron chi connectivity index (χ4n) is 5.71. The Kier molecular flexibility index (Phi) is 8.31. The molecular weight excluding hydrogens is 617 g/mol. The van der Waals surface area contributed by atoms with Gasteiger partial charge in [0.15, 0.2) is 11.6 Å². The van der Waals surface area contributed by atoms with E-state index in [0.717, 1.165) is 23.3 Å². The van der Waals surface area contributed by atoms with Crippen molar-refractivity contribution in [2.75, 3.05) is 13.2 Å². The zero-order chi connectivity index (χ0) is 31.8. The quantitative estimate of drug-likeness (QED) is 0.110. The average molecular weight is 644 g/mol. The number of aromatic amines is 2. The van der Waals surface area contributed by atoms with Gasteiger partial charge in [-0.25, -0.2) is 13.8 Å². The van der Waals surface area contributed by atoms with Crippen molar-refractivity contribution in [2.45, 2.75) is 41.5 Å². The Morgan fingerprint density at radius 1 is 1.07 bits per heavy atom. The normalized spacial score (nSPS) is 15.0. The monoisotopic (exact) mass is 643 g/mol. The van der Waals surface area contributed by atoms with Crippen LogP contribution in [0.2, 0.25) is 0 Å². The summed E-state index contributed by atoms with van der Waals surface area (Å²) in [5, 5.41) is 9.25. The van der Waals surface area contributed by atoms with Gasteiger partial charge < -0.3 is 24.5 Å². The molecule has 0 bridgehead atoms. The van der Waals surface area contributed by atoms with Crippen LogP contribution in [0.15, 0.2) is 71.9 Å². The summed E-state index contributed by atoms with van der Waals surface area (Å²) < 4.78 is 81.9. The van der Waals surface area contributed by atoms with Crippen LogP contribution in [-0.4, -0.2) is 44.7 Å². The second-order valence-corrected chi connectivity index (χ2v) is 11.8. The van der Waals surface area contributed by atoms with Crippen molar-refractivity contribution in [3.8, 4) is 22.9 Å². The van der Waals surface area contributed by atoms with Crippen LogP contribution in [-0.2, 0) is 21.4 Å². The van der Waals surface area contributed by atoms with E-state index in [4.69, 9.17) is 14.6 Å². The summed E-state index contributed by atoms with van der Waals surface area (Å²) in [6, 6.07) is 13.6. The van der Waals surface area contributed by atoms with E-state index < -0.39 is 50.9 Å². The first-order valence-electron chi connectivity index (χ1n) is 14.0. The molecule has 0 unspecified atom stereocenters. The van der Waals surface area contributed by atoms with Gasteiger partial charge in [-0.1, -0.05) is 24.3 Å². The lowest BCUT2D eigenvalue weighted by atomic mass is 9.71. The molecule has 0 amide bonds. The van der Waals surface area contributed by atoms with E-state index in [-0.39, 0.29) is 34.5 Å². The van der Waals surface area contributed by atoms with Crippen LogP contribution in [0.3, 0.4) is 0 Å². The molecule has 3 aromatic carbocycles. The fraction of sp³-hybridized carbons (Fsp3) is 0.250. The maximum Gasteiger partial charge on any atom is 0.446 e. The number of nitrogens with zero attached hydrogens (tertiary/aromatic N) is 1. The second kappa shape index (κ2) is 12.2. The van der Waals surface area contributed by atoms with Gasteiger partial charge in [0, 0.05) is 60.1 Å². The Bertz CT molecular complexity index is 1860. The van der Waals surface area contributed by atoms with Crippen LogP contribution < -0.4 is 4.74 Å². The molecule has 0 radical (unpaired) electrons. The van der Waals surface area contributed by atoms with E-state index in [2.05, 4.69) is 15.0 Å². The van der Waals surface area contributed by atoms with Gasteiger partial charge in [0.05, 0.1) is 10.5 Å². The topological polar surface area (TPSA) is 100 Å². The number of alkyl halides is 3. The number of aromatic nitrogens is 3. The minimum absolute atomic E-state index is 0.00914. The second-order valence-electron chi connectivity index (χ2n) is 10.7. The molecule has 0 aliphatic carbocycles. The van der Waals surface area contributed by atoms with Gasteiger partial charge in [0.2, 0.25) is 0 Å². The number of benzene rings is 3. The van der Waals surface area contributed by atoms with Gasteiger partial charge in [-0.15, -0.1) is 0 Å². The molecule has 1 fully saturated rings. The lowest BCUT2D eigenvalue weighted by molar-refractivity contribution is -0.136. The molecule has 1 saturated heterocycles. The molecule has 234 valence electrons.